The second kappa shape index (κ2) is 9.06. The fourth-order valence-corrected chi connectivity index (χ4v) is 2.40. The van der Waals surface area contributed by atoms with E-state index in [1.807, 2.05) is 13.8 Å². The highest BCUT2D eigenvalue weighted by Gasteiger charge is 2.15. The molecule has 0 bridgehead atoms. The van der Waals surface area contributed by atoms with Gasteiger partial charge in [0.05, 0.1) is 13.2 Å². The molecule has 0 fully saturated rings. The van der Waals surface area contributed by atoms with Crippen LogP contribution in [-0.2, 0) is 6.54 Å². The number of carbonyl (C=O) groups excluding carboxylic acids is 1. The van der Waals surface area contributed by atoms with Gasteiger partial charge in [-0.05, 0) is 49.2 Å². The van der Waals surface area contributed by atoms with E-state index >= 15 is 0 Å². The highest BCUT2D eigenvalue weighted by atomic mass is 19.1. The van der Waals surface area contributed by atoms with Crippen molar-refractivity contribution in [2.75, 3.05) is 20.3 Å². The SMILES string of the molecule is CCCOc1ccc(C(=O)N(C)Cc2ccc(F)cc2)cc1OCC. The number of benzene rings is 2. The zero-order valence-corrected chi connectivity index (χ0v) is 14.9. The van der Waals surface area contributed by atoms with Gasteiger partial charge in [0.2, 0.25) is 0 Å². The molecule has 0 atom stereocenters. The summed E-state index contributed by atoms with van der Waals surface area (Å²) < 4.78 is 24.2. The van der Waals surface area contributed by atoms with Gasteiger partial charge in [0.15, 0.2) is 11.5 Å². The molecule has 0 radical (unpaired) electrons. The summed E-state index contributed by atoms with van der Waals surface area (Å²) in [7, 11) is 1.72. The van der Waals surface area contributed by atoms with Crippen LogP contribution in [0.3, 0.4) is 0 Å². The van der Waals surface area contributed by atoms with Gasteiger partial charge >= 0.3 is 0 Å². The summed E-state index contributed by atoms with van der Waals surface area (Å²) in [5, 5.41) is 0. The Kier molecular flexibility index (Phi) is 6.81. The van der Waals surface area contributed by atoms with Crippen molar-refractivity contribution in [1.29, 1.82) is 0 Å². The molecular formula is C20H24FNO3. The first-order valence-electron chi connectivity index (χ1n) is 8.44. The second-order valence-corrected chi connectivity index (χ2v) is 5.73. The van der Waals surface area contributed by atoms with Gasteiger partial charge in [0.25, 0.3) is 5.91 Å². The lowest BCUT2D eigenvalue weighted by Crippen LogP contribution is -2.26. The molecule has 2 rings (SSSR count). The molecule has 0 aliphatic carbocycles. The van der Waals surface area contributed by atoms with Crippen LogP contribution in [0.5, 0.6) is 11.5 Å². The molecule has 134 valence electrons. The van der Waals surface area contributed by atoms with Crippen molar-refractivity contribution in [3.63, 3.8) is 0 Å². The van der Waals surface area contributed by atoms with E-state index in [1.54, 1.807) is 42.3 Å². The summed E-state index contributed by atoms with van der Waals surface area (Å²) in [4.78, 5) is 14.2. The summed E-state index contributed by atoms with van der Waals surface area (Å²) in [5.74, 6) is 0.785. The van der Waals surface area contributed by atoms with Crippen LogP contribution >= 0.6 is 0 Å². The number of nitrogens with zero attached hydrogens (tertiary/aromatic N) is 1. The first-order valence-corrected chi connectivity index (χ1v) is 8.44. The smallest absolute Gasteiger partial charge is 0.254 e. The molecule has 0 aliphatic heterocycles. The van der Waals surface area contributed by atoms with E-state index in [4.69, 9.17) is 9.47 Å². The number of amides is 1. The van der Waals surface area contributed by atoms with Gasteiger partial charge in [-0.3, -0.25) is 4.79 Å². The van der Waals surface area contributed by atoms with Crippen molar-refractivity contribution in [1.82, 2.24) is 4.90 Å². The number of ether oxygens (including phenoxy) is 2. The Morgan fingerprint density at radius 3 is 2.40 bits per heavy atom. The van der Waals surface area contributed by atoms with Gasteiger partial charge in [-0.1, -0.05) is 19.1 Å². The summed E-state index contributed by atoms with van der Waals surface area (Å²) in [6, 6.07) is 11.3. The number of carbonyl (C=O) groups is 1. The molecular weight excluding hydrogens is 321 g/mol. The second-order valence-electron chi connectivity index (χ2n) is 5.73. The molecule has 0 aliphatic rings. The van der Waals surface area contributed by atoms with Gasteiger partial charge in [-0.15, -0.1) is 0 Å². The van der Waals surface area contributed by atoms with Crippen molar-refractivity contribution >= 4 is 5.91 Å². The van der Waals surface area contributed by atoms with E-state index in [0.717, 1.165) is 12.0 Å². The standard InChI is InChI=1S/C20H24FNO3/c1-4-12-25-18-11-8-16(13-19(18)24-5-2)20(23)22(3)14-15-6-9-17(21)10-7-15/h6-11,13H,4-5,12,14H2,1-3H3. The molecule has 0 unspecified atom stereocenters. The molecule has 0 aromatic heterocycles. The van der Waals surface area contributed by atoms with Crippen LogP contribution in [0.15, 0.2) is 42.5 Å². The molecule has 0 N–H and O–H groups in total. The Balaban J connectivity index is 2.13. The van der Waals surface area contributed by atoms with E-state index in [2.05, 4.69) is 0 Å². The minimum Gasteiger partial charge on any atom is -0.490 e. The van der Waals surface area contributed by atoms with Gasteiger partial charge in [-0.2, -0.15) is 0 Å². The van der Waals surface area contributed by atoms with Crippen LogP contribution < -0.4 is 9.47 Å². The number of hydrogen-bond donors (Lipinski definition) is 0. The van der Waals surface area contributed by atoms with E-state index in [-0.39, 0.29) is 11.7 Å². The molecule has 2 aromatic rings. The topological polar surface area (TPSA) is 38.8 Å². The molecule has 4 nitrogen and oxygen atoms in total. The van der Waals surface area contributed by atoms with Crippen molar-refractivity contribution in [3.8, 4) is 11.5 Å². The zero-order chi connectivity index (χ0) is 18.2. The highest BCUT2D eigenvalue weighted by Crippen LogP contribution is 2.29. The maximum absolute atomic E-state index is 13.0. The van der Waals surface area contributed by atoms with Crippen LogP contribution in [0.1, 0.15) is 36.2 Å². The third-order valence-corrected chi connectivity index (χ3v) is 3.63. The zero-order valence-electron chi connectivity index (χ0n) is 14.9. The van der Waals surface area contributed by atoms with Gasteiger partial charge < -0.3 is 14.4 Å². The monoisotopic (exact) mass is 345 g/mol. The van der Waals surface area contributed by atoms with Crippen molar-refractivity contribution in [2.45, 2.75) is 26.8 Å². The van der Waals surface area contributed by atoms with Gasteiger partial charge in [-0.25, -0.2) is 4.39 Å². The molecule has 0 spiro atoms. The van der Waals surface area contributed by atoms with Crippen LogP contribution in [0.4, 0.5) is 4.39 Å². The highest BCUT2D eigenvalue weighted by molar-refractivity contribution is 5.94. The first-order chi connectivity index (χ1) is 12.0. The summed E-state index contributed by atoms with van der Waals surface area (Å²) in [6.45, 7) is 5.40. The fourth-order valence-electron chi connectivity index (χ4n) is 2.40. The molecule has 5 heteroatoms. The normalized spacial score (nSPS) is 10.4. The average molecular weight is 345 g/mol. The van der Waals surface area contributed by atoms with Crippen LogP contribution in [0.2, 0.25) is 0 Å². The van der Waals surface area contributed by atoms with Crippen molar-refractivity contribution in [3.05, 3.63) is 59.4 Å². The average Bonchev–Trinajstić information content (AvgIpc) is 2.62. The lowest BCUT2D eigenvalue weighted by atomic mass is 10.1. The lowest BCUT2D eigenvalue weighted by Gasteiger charge is -2.19. The molecule has 0 heterocycles. The van der Waals surface area contributed by atoms with E-state index in [0.29, 0.717) is 36.8 Å². The summed E-state index contributed by atoms with van der Waals surface area (Å²) in [6.07, 6.45) is 0.895. The molecule has 0 saturated carbocycles. The number of halogens is 1. The Morgan fingerprint density at radius 2 is 1.76 bits per heavy atom. The van der Waals surface area contributed by atoms with Crippen molar-refractivity contribution < 1.29 is 18.7 Å². The molecule has 2 aromatic carbocycles. The Bertz CT molecular complexity index is 701. The van der Waals surface area contributed by atoms with Crippen molar-refractivity contribution in [2.24, 2.45) is 0 Å². The van der Waals surface area contributed by atoms with E-state index < -0.39 is 0 Å². The number of hydrogen-bond acceptors (Lipinski definition) is 3. The molecule has 1 amide bonds. The van der Waals surface area contributed by atoms with Gasteiger partial charge in [0.1, 0.15) is 5.82 Å². The predicted molar refractivity (Wildman–Crippen MR) is 95.6 cm³/mol. The van der Waals surface area contributed by atoms with Gasteiger partial charge in [0, 0.05) is 19.2 Å². The van der Waals surface area contributed by atoms with E-state index in [9.17, 15) is 9.18 Å². The number of rotatable bonds is 8. The summed E-state index contributed by atoms with van der Waals surface area (Å²) in [5.41, 5.74) is 1.39. The minimum atomic E-state index is -0.290. The fraction of sp³-hybridized carbons (Fsp3) is 0.350. The minimum absolute atomic E-state index is 0.132. The van der Waals surface area contributed by atoms with Crippen LogP contribution in [-0.4, -0.2) is 31.1 Å². The van der Waals surface area contributed by atoms with E-state index in [1.165, 1.54) is 12.1 Å². The Labute approximate surface area is 148 Å². The molecule has 0 saturated heterocycles. The van der Waals surface area contributed by atoms with Crippen LogP contribution in [0.25, 0.3) is 0 Å². The molecule has 25 heavy (non-hydrogen) atoms. The summed E-state index contributed by atoms with van der Waals surface area (Å²) >= 11 is 0. The third kappa shape index (κ3) is 5.21. The van der Waals surface area contributed by atoms with Crippen LogP contribution in [0, 0.1) is 5.82 Å². The Hall–Kier alpha value is -2.56. The quantitative estimate of drug-likeness (QED) is 0.716. The predicted octanol–water partition coefficient (Wildman–Crippen LogP) is 4.29. The lowest BCUT2D eigenvalue weighted by molar-refractivity contribution is 0.0784. The maximum atomic E-state index is 13.0. The Morgan fingerprint density at radius 1 is 1.04 bits per heavy atom. The largest absolute Gasteiger partial charge is 0.490 e. The third-order valence-electron chi connectivity index (χ3n) is 3.63. The first kappa shape index (κ1) is 18.8. The maximum Gasteiger partial charge on any atom is 0.254 e.